The van der Waals surface area contributed by atoms with Gasteiger partial charge in [0.25, 0.3) is 0 Å². The maximum absolute atomic E-state index is 10.9. The third kappa shape index (κ3) is 2.97. The monoisotopic (exact) mass is 196 g/mol. The number of hydrogen-bond donors (Lipinski definition) is 0. The highest BCUT2D eigenvalue weighted by atomic mass is 16.9. The maximum atomic E-state index is 10.9. The van der Waals surface area contributed by atoms with Crippen molar-refractivity contribution in [1.29, 1.82) is 0 Å². The molecule has 0 N–H and O–H groups in total. The van der Waals surface area contributed by atoms with E-state index in [-0.39, 0.29) is 6.54 Å². The van der Waals surface area contributed by atoms with Crippen molar-refractivity contribution < 1.29 is 4.84 Å². The first-order valence-electron chi connectivity index (χ1n) is 4.12. The third-order valence-corrected chi connectivity index (χ3v) is 1.82. The molecule has 0 radical (unpaired) electrons. The van der Waals surface area contributed by atoms with Gasteiger partial charge in [0.15, 0.2) is 0 Å². The van der Waals surface area contributed by atoms with Crippen LogP contribution in [0.2, 0.25) is 0 Å². The van der Waals surface area contributed by atoms with Crippen LogP contribution in [0.25, 0.3) is 0 Å². The van der Waals surface area contributed by atoms with Crippen LogP contribution in [0.5, 0.6) is 0 Å². The van der Waals surface area contributed by atoms with Crippen molar-refractivity contribution in [2.45, 2.75) is 6.54 Å². The third-order valence-electron chi connectivity index (χ3n) is 1.82. The Bertz CT molecular complexity index is 274. The number of anilines is 1. The van der Waals surface area contributed by atoms with Gasteiger partial charge in [-0.15, -0.1) is 0 Å². The molecule has 1 aromatic rings. The molecule has 1 aromatic carbocycles. The van der Waals surface area contributed by atoms with E-state index in [1.807, 2.05) is 0 Å². The molecule has 0 saturated heterocycles. The second-order valence-electron chi connectivity index (χ2n) is 2.84. The van der Waals surface area contributed by atoms with E-state index >= 15 is 0 Å². The van der Waals surface area contributed by atoms with Crippen LogP contribution in [0.4, 0.5) is 5.69 Å². The van der Waals surface area contributed by atoms with Crippen molar-refractivity contribution in [2.24, 2.45) is 0 Å². The highest BCUT2D eigenvalue weighted by Crippen LogP contribution is 2.13. The summed E-state index contributed by atoms with van der Waals surface area (Å²) in [5, 5.41) is 22.9. The van der Waals surface area contributed by atoms with Gasteiger partial charge >= 0.3 is 0 Å². The first kappa shape index (κ1) is 10.9. The number of hydrogen-bond acceptors (Lipinski definition) is 5. The van der Waals surface area contributed by atoms with Crippen molar-refractivity contribution in [1.82, 2.24) is 5.23 Å². The van der Waals surface area contributed by atoms with E-state index in [2.05, 4.69) is 4.84 Å². The summed E-state index contributed by atoms with van der Waals surface area (Å²) in [6, 6.07) is 6.75. The zero-order valence-electron chi connectivity index (χ0n) is 8.14. The fourth-order valence-electron chi connectivity index (χ4n) is 1.02. The van der Waals surface area contributed by atoms with Gasteiger partial charge in [-0.25, -0.2) is 0 Å². The number of nitrogens with zero attached hydrogens (tertiary/aromatic N) is 2. The van der Waals surface area contributed by atoms with Gasteiger partial charge in [-0.3, -0.25) is 5.23 Å². The number of benzene rings is 1. The van der Waals surface area contributed by atoms with Crippen LogP contribution < -0.4 is 5.06 Å². The molecule has 0 amide bonds. The van der Waals surface area contributed by atoms with E-state index in [0.29, 0.717) is 10.9 Å². The predicted molar refractivity (Wildman–Crippen MR) is 54.1 cm³/mol. The van der Waals surface area contributed by atoms with Crippen LogP contribution in [-0.4, -0.2) is 19.4 Å². The topological polar surface area (TPSA) is 61.8 Å². The Hall–Kier alpha value is -1.14. The molecule has 0 fully saturated rings. The quantitative estimate of drug-likeness (QED) is 0.682. The predicted octanol–water partition coefficient (Wildman–Crippen LogP) is 1.48. The molecule has 0 bridgehead atoms. The maximum Gasteiger partial charge on any atom is 0.0563 e. The van der Waals surface area contributed by atoms with Crippen molar-refractivity contribution in [2.75, 3.05) is 19.2 Å². The lowest BCUT2D eigenvalue weighted by atomic mass is 10.2. The van der Waals surface area contributed by atoms with Crippen molar-refractivity contribution >= 4 is 5.69 Å². The summed E-state index contributed by atoms with van der Waals surface area (Å²) in [5.74, 6) is 0. The molecule has 1 rings (SSSR count). The van der Waals surface area contributed by atoms with Gasteiger partial charge < -0.3 is 20.3 Å². The van der Waals surface area contributed by atoms with Gasteiger partial charge in [0, 0.05) is 12.2 Å². The molecular weight excluding hydrogens is 184 g/mol. The lowest BCUT2D eigenvalue weighted by molar-refractivity contribution is -0.0949. The van der Waals surface area contributed by atoms with Crippen LogP contribution in [0.15, 0.2) is 24.3 Å². The molecule has 14 heavy (non-hydrogen) atoms. The number of rotatable bonds is 4. The smallest absolute Gasteiger partial charge is 0.0563 e. The molecule has 0 aliphatic carbocycles. The molecule has 0 aliphatic heterocycles. The molecule has 0 atom stereocenters. The van der Waals surface area contributed by atoms with E-state index in [9.17, 15) is 10.4 Å². The molecule has 0 aliphatic rings. The molecule has 0 unspecified atom stereocenters. The van der Waals surface area contributed by atoms with Gasteiger partial charge in [0.1, 0.15) is 0 Å². The second kappa shape index (κ2) is 4.92. The molecule has 5 heteroatoms. The Morgan fingerprint density at radius 2 is 1.79 bits per heavy atom. The summed E-state index contributed by atoms with van der Waals surface area (Å²) >= 11 is 0. The lowest BCUT2D eigenvalue weighted by Gasteiger charge is -2.26. The fourth-order valence-corrected chi connectivity index (χ4v) is 1.02. The fraction of sp³-hybridized carbons (Fsp3) is 0.333. The van der Waals surface area contributed by atoms with Crippen LogP contribution >= 0.6 is 0 Å². The van der Waals surface area contributed by atoms with Gasteiger partial charge in [-0.1, -0.05) is 12.1 Å². The highest BCUT2D eigenvalue weighted by molar-refractivity contribution is 5.47. The second-order valence-corrected chi connectivity index (χ2v) is 2.84. The van der Waals surface area contributed by atoms with E-state index in [0.717, 1.165) is 10.6 Å². The molecule has 0 saturated carbocycles. The van der Waals surface area contributed by atoms with Gasteiger partial charge in [-0.05, 0) is 24.7 Å². The zero-order chi connectivity index (χ0) is 10.6. The Labute approximate surface area is 82.6 Å². The van der Waals surface area contributed by atoms with Gasteiger partial charge in [0.2, 0.25) is 0 Å². The minimum absolute atomic E-state index is 0.152. The number of hydroxylamine groups is 3. The average molecular weight is 196 g/mol. The van der Waals surface area contributed by atoms with Crippen molar-refractivity contribution in [3.63, 3.8) is 0 Å². The summed E-state index contributed by atoms with van der Waals surface area (Å²) in [4.78, 5) is 4.44. The van der Waals surface area contributed by atoms with E-state index in [1.54, 1.807) is 24.3 Å². The zero-order valence-corrected chi connectivity index (χ0v) is 8.14. The summed E-state index contributed by atoms with van der Waals surface area (Å²) in [6.45, 7) is 0.152. The summed E-state index contributed by atoms with van der Waals surface area (Å²) in [6.07, 6.45) is 0. The minimum Gasteiger partial charge on any atom is -0.762 e. The largest absolute Gasteiger partial charge is 0.762 e. The molecule has 5 nitrogen and oxygen atoms in total. The summed E-state index contributed by atoms with van der Waals surface area (Å²) in [5.41, 5.74) is 1.36. The van der Waals surface area contributed by atoms with Crippen LogP contribution in [0, 0.1) is 10.4 Å². The Morgan fingerprint density at radius 1 is 1.21 bits per heavy atom. The van der Waals surface area contributed by atoms with E-state index in [1.165, 1.54) is 14.2 Å². The van der Waals surface area contributed by atoms with Gasteiger partial charge in [-0.2, -0.15) is 0 Å². The van der Waals surface area contributed by atoms with Crippen LogP contribution in [0.3, 0.4) is 0 Å². The first-order valence-corrected chi connectivity index (χ1v) is 4.12. The van der Waals surface area contributed by atoms with Crippen LogP contribution in [0.1, 0.15) is 5.56 Å². The van der Waals surface area contributed by atoms with E-state index < -0.39 is 0 Å². The Morgan fingerprint density at radius 3 is 2.21 bits per heavy atom. The Balaban J connectivity index is 2.64. The molecule has 0 aromatic heterocycles. The SMILES string of the molecule is CON([O-])Cc1ccc(N(C)[O-])cc1. The van der Waals surface area contributed by atoms with Gasteiger partial charge in [0.05, 0.1) is 7.11 Å². The highest BCUT2D eigenvalue weighted by Gasteiger charge is 1.95. The average Bonchev–Trinajstić information content (AvgIpc) is 2.18. The first-order chi connectivity index (χ1) is 6.63. The normalized spacial score (nSPS) is 10.6. The lowest BCUT2D eigenvalue weighted by Crippen LogP contribution is -2.13. The molecule has 0 spiro atoms. The van der Waals surface area contributed by atoms with Crippen LogP contribution in [-0.2, 0) is 11.4 Å². The van der Waals surface area contributed by atoms with Crippen molar-refractivity contribution in [3.8, 4) is 0 Å². The summed E-state index contributed by atoms with van der Waals surface area (Å²) in [7, 11) is 2.73. The van der Waals surface area contributed by atoms with E-state index in [4.69, 9.17) is 0 Å². The molecule has 0 heterocycles. The molecule has 78 valence electrons. The molecular formula is C9H12N2O3-2. The minimum atomic E-state index is 0.152. The summed E-state index contributed by atoms with van der Waals surface area (Å²) < 4.78 is 0. The Kier molecular flexibility index (Phi) is 3.84. The van der Waals surface area contributed by atoms with Crippen molar-refractivity contribution in [3.05, 3.63) is 40.2 Å². The standard InChI is InChI=1S/C9H12N2O3/c1-10(12)9-5-3-8(4-6-9)7-11(13)14-2/h3-6H,7H2,1-2H3/q-2.